The summed E-state index contributed by atoms with van der Waals surface area (Å²) in [4.78, 5) is 16.4. The minimum absolute atomic E-state index is 0.0764. The van der Waals surface area contributed by atoms with Gasteiger partial charge in [-0.3, -0.25) is 4.79 Å². The van der Waals surface area contributed by atoms with Crippen LogP contribution in [0, 0.1) is 0 Å². The topological polar surface area (TPSA) is 54.0 Å². The Balaban J connectivity index is 1.85. The SMILES string of the molecule is CCCC(=O)NC(=S)Nc1ccccc1-c1nc2ccccc2s1. The van der Waals surface area contributed by atoms with Gasteiger partial charge in [-0.2, -0.15) is 0 Å². The van der Waals surface area contributed by atoms with Crippen molar-refractivity contribution in [2.24, 2.45) is 0 Å². The van der Waals surface area contributed by atoms with Crippen LogP contribution in [0.4, 0.5) is 5.69 Å². The lowest BCUT2D eigenvalue weighted by molar-refractivity contribution is -0.119. The lowest BCUT2D eigenvalue weighted by Crippen LogP contribution is -2.33. The predicted molar refractivity (Wildman–Crippen MR) is 104 cm³/mol. The number of hydrogen-bond donors (Lipinski definition) is 2. The fourth-order valence-corrected chi connectivity index (χ4v) is 3.56. The normalized spacial score (nSPS) is 10.5. The predicted octanol–water partition coefficient (Wildman–Crippen LogP) is 4.58. The molecule has 0 spiro atoms. The highest BCUT2D eigenvalue weighted by Gasteiger charge is 2.12. The molecule has 0 atom stereocenters. The molecular formula is C18H17N3OS2. The van der Waals surface area contributed by atoms with Crippen molar-refractivity contribution in [2.75, 3.05) is 5.32 Å². The Morgan fingerprint density at radius 3 is 2.71 bits per heavy atom. The van der Waals surface area contributed by atoms with Crippen LogP contribution in [0.1, 0.15) is 19.8 Å². The fraction of sp³-hybridized carbons (Fsp3) is 0.167. The molecule has 0 bridgehead atoms. The van der Waals surface area contributed by atoms with Gasteiger partial charge >= 0.3 is 0 Å². The molecule has 2 N–H and O–H groups in total. The number of nitrogens with one attached hydrogen (secondary N) is 2. The zero-order valence-electron chi connectivity index (χ0n) is 13.2. The Kier molecular flexibility index (Phi) is 5.17. The highest BCUT2D eigenvalue weighted by atomic mass is 32.1. The number of thiocarbonyl (C=S) groups is 1. The number of nitrogens with zero attached hydrogens (tertiary/aromatic N) is 1. The number of para-hydroxylation sites is 2. The van der Waals surface area contributed by atoms with Crippen LogP contribution >= 0.6 is 23.6 Å². The molecule has 0 saturated heterocycles. The summed E-state index contributed by atoms with van der Waals surface area (Å²) >= 11 is 6.87. The molecule has 0 fully saturated rings. The lowest BCUT2D eigenvalue weighted by Gasteiger charge is -2.12. The van der Waals surface area contributed by atoms with E-state index < -0.39 is 0 Å². The molecule has 1 heterocycles. The van der Waals surface area contributed by atoms with Crippen molar-refractivity contribution in [2.45, 2.75) is 19.8 Å². The molecule has 1 amide bonds. The zero-order valence-corrected chi connectivity index (χ0v) is 14.8. The Hall–Kier alpha value is -2.31. The summed E-state index contributed by atoms with van der Waals surface area (Å²) in [5, 5.41) is 7.03. The third kappa shape index (κ3) is 3.77. The highest BCUT2D eigenvalue weighted by Crippen LogP contribution is 2.34. The minimum Gasteiger partial charge on any atom is -0.332 e. The highest BCUT2D eigenvalue weighted by molar-refractivity contribution is 7.80. The average Bonchev–Trinajstić information content (AvgIpc) is 2.99. The van der Waals surface area contributed by atoms with E-state index in [2.05, 4.69) is 21.7 Å². The Bertz CT molecular complexity index is 856. The average molecular weight is 355 g/mol. The van der Waals surface area contributed by atoms with E-state index in [1.165, 1.54) is 0 Å². The number of fused-ring (bicyclic) bond motifs is 1. The first-order chi connectivity index (χ1) is 11.7. The van der Waals surface area contributed by atoms with E-state index in [-0.39, 0.29) is 5.91 Å². The third-order valence-corrected chi connectivity index (χ3v) is 4.70. The van der Waals surface area contributed by atoms with Crippen LogP contribution < -0.4 is 10.6 Å². The second kappa shape index (κ2) is 7.51. The first-order valence-electron chi connectivity index (χ1n) is 7.73. The molecule has 1 aromatic heterocycles. The maximum Gasteiger partial charge on any atom is 0.226 e. The van der Waals surface area contributed by atoms with Crippen LogP contribution in [0.3, 0.4) is 0 Å². The molecule has 0 aliphatic rings. The molecule has 0 aliphatic heterocycles. The summed E-state index contributed by atoms with van der Waals surface area (Å²) in [5.74, 6) is -0.0764. The first-order valence-corrected chi connectivity index (χ1v) is 8.95. The standard InChI is InChI=1S/C18H17N3OS2/c1-2-7-16(22)21-18(23)20-13-9-4-3-8-12(13)17-19-14-10-5-6-11-15(14)24-17/h3-6,8-11H,2,7H2,1H3,(H2,20,21,22,23). The van der Waals surface area contributed by atoms with Crippen molar-refractivity contribution < 1.29 is 4.79 Å². The van der Waals surface area contributed by atoms with Crippen molar-refractivity contribution in [3.8, 4) is 10.6 Å². The van der Waals surface area contributed by atoms with Gasteiger partial charge in [-0.15, -0.1) is 11.3 Å². The molecule has 122 valence electrons. The molecule has 3 aromatic rings. The molecule has 0 aliphatic carbocycles. The summed E-state index contributed by atoms with van der Waals surface area (Å²) in [6.07, 6.45) is 1.25. The number of carbonyl (C=O) groups is 1. The van der Waals surface area contributed by atoms with Crippen molar-refractivity contribution in [1.29, 1.82) is 0 Å². The van der Waals surface area contributed by atoms with Gasteiger partial charge in [0.2, 0.25) is 5.91 Å². The summed E-state index contributed by atoms with van der Waals surface area (Å²) in [6.45, 7) is 1.96. The lowest BCUT2D eigenvalue weighted by atomic mass is 10.2. The van der Waals surface area contributed by atoms with E-state index >= 15 is 0 Å². The van der Waals surface area contributed by atoms with Gasteiger partial charge in [-0.1, -0.05) is 31.2 Å². The summed E-state index contributed by atoms with van der Waals surface area (Å²) in [6, 6.07) is 15.9. The van der Waals surface area contributed by atoms with Crippen LogP contribution in [0.25, 0.3) is 20.8 Å². The van der Waals surface area contributed by atoms with Crippen molar-refractivity contribution in [1.82, 2.24) is 10.3 Å². The van der Waals surface area contributed by atoms with E-state index in [0.29, 0.717) is 11.5 Å². The number of hydrogen-bond acceptors (Lipinski definition) is 4. The number of amides is 1. The molecule has 6 heteroatoms. The Morgan fingerprint density at radius 1 is 1.17 bits per heavy atom. The molecular weight excluding hydrogens is 338 g/mol. The van der Waals surface area contributed by atoms with Gasteiger partial charge < -0.3 is 10.6 Å². The maximum absolute atomic E-state index is 11.7. The second-order valence-corrected chi connectivity index (χ2v) is 6.72. The largest absolute Gasteiger partial charge is 0.332 e. The van der Waals surface area contributed by atoms with E-state index in [0.717, 1.165) is 32.9 Å². The molecule has 24 heavy (non-hydrogen) atoms. The van der Waals surface area contributed by atoms with Crippen molar-refractivity contribution in [3.63, 3.8) is 0 Å². The van der Waals surface area contributed by atoms with E-state index in [4.69, 9.17) is 12.2 Å². The number of rotatable bonds is 4. The number of aromatic nitrogens is 1. The summed E-state index contributed by atoms with van der Waals surface area (Å²) in [5.41, 5.74) is 2.77. The Morgan fingerprint density at radius 2 is 1.92 bits per heavy atom. The summed E-state index contributed by atoms with van der Waals surface area (Å²) in [7, 11) is 0. The number of benzene rings is 2. The Labute approximate surface area is 149 Å². The quantitative estimate of drug-likeness (QED) is 0.673. The van der Waals surface area contributed by atoms with Crippen LogP contribution in [-0.2, 0) is 4.79 Å². The van der Waals surface area contributed by atoms with Crippen LogP contribution in [0.2, 0.25) is 0 Å². The van der Waals surface area contributed by atoms with Gasteiger partial charge in [0.15, 0.2) is 5.11 Å². The van der Waals surface area contributed by atoms with Crippen LogP contribution in [-0.4, -0.2) is 16.0 Å². The van der Waals surface area contributed by atoms with Crippen LogP contribution in [0.5, 0.6) is 0 Å². The second-order valence-electron chi connectivity index (χ2n) is 5.28. The molecule has 0 saturated carbocycles. The first kappa shape index (κ1) is 16.5. The number of carbonyl (C=O) groups excluding carboxylic acids is 1. The maximum atomic E-state index is 11.7. The van der Waals surface area contributed by atoms with E-state index in [1.807, 2.05) is 49.4 Å². The monoisotopic (exact) mass is 355 g/mol. The van der Waals surface area contributed by atoms with Gasteiger partial charge in [-0.25, -0.2) is 4.98 Å². The van der Waals surface area contributed by atoms with Crippen molar-refractivity contribution in [3.05, 3.63) is 48.5 Å². The van der Waals surface area contributed by atoms with Gasteiger partial charge in [0.25, 0.3) is 0 Å². The van der Waals surface area contributed by atoms with E-state index in [1.54, 1.807) is 11.3 Å². The number of thiazole rings is 1. The molecule has 3 rings (SSSR count). The van der Waals surface area contributed by atoms with Gasteiger partial charge in [-0.05, 0) is 42.9 Å². The van der Waals surface area contributed by atoms with Crippen LogP contribution in [0.15, 0.2) is 48.5 Å². The number of anilines is 1. The van der Waals surface area contributed by atoms with Gasteiger partial charge in [0.05, 0.1) is 15.9 Å². The molecule has 0 unspecified atom stereocenters. The van der Waals surface area contributed by atoms with Gasteiger partial charge in [0, 0.05) is 12.0 Å². The summed E-state index contributed by atoms with van der Waals surface area (Å²) < 4.78 is 1.14. The van der Waals surface area contributed by atoms with Gasteiger partial charge in [0.1, 0.15) is 5.01 Å². The molecule has 4 nitrogen and oxygen atoms in total. The zero-order chi connectivity index (χ0) is 16.9. The molecule has 2 aromatic carbocycles. The van der Waals surface area contributed by atoms with E-state index in [9.17, 15) is 4.79 Å². The van der Waals surface area contributed by atoms with Crippen molar-refractivity contribution >= 4 is 50.5 Å². The minimum atomic E-state index is -0.0764. The fourth-order valence-electron chi connectivity index (χ4n) is 2.34. The third-order valence-electron chi connectivity index (χ3n) is 3.43. The smallest absolute Gasteiger partial charge is 0.226 e. The molecule has 0 radical (unpaired) electrons.